The maximum absolute atomic E-state index is 12.5. The lowest BCUT2D eigenvalue weighted by atomic mass is 10.2. The number of aryl methyl sites for hydroxylation is 1. The molecule has 0 bridgehead atoms. The van der Waals surface area contributed by atoms with Crippen LogP contribution in [0.5, 0.6) is 5.75 Å². The normalized spacial score (nSPS) is 11.8. The number of hydrogen-bond acceptors (Lipinski definition) is 6. The zero-order chi connectivity index (χ0) is 19.2. The lowest BCUT2D eigenvalue weighted by molar-refractivity contribution is -0.120. The summed E-state index contributed by atoms with van der Waals surface area (Å²) >= 11 is 1.31. The number of methoxy groups -OCH3 is 1. The van der Waals surface area contributed by atoms with Crippen LogP contribution in [-0.4, -0.2) is 38.5 Å². The lowest BCUT2D eigenvalue weighted by Gasteiger charge is -2.13. The Labute approximate surface area is 162 Å². The number of benzene rings is 2. The van der Waals surface area contributed by atoms with Crippen molar-refractivity contribution in [3.63, 3.8) is 0 Å². The molecule has 0 fully saturated rings. The summed E-state index contributed by atoms with van der Waals surface area (Å²) < 4.78 is 6.94. The van der Waals surface area contributed by atoms with Crippen molar-refractivity contribution in [2.75, 3.05) is 7.11 Å². The largest absolute Gasteiger partial charge is 0.496 e. The molecule has 0 aliphatic rings. The standard InChI is InChI=1S/C19H21N5O2S/c1-13-8-10-16(11-9-13)24-19(21-22-23-24)27-14(2)18(25)20-12-15-6-4-5-7-17(15)26-3/h4-11,14H,12H2,1-3H3,(H,20,25). The van der Waals surface area contributed by atoms with E-state index in [1.807, 2.05) is 62.4 Å². The minimum atomic E-state index is -0.352. The van der Waals surface area contributed by atoms with Crippen LogP contribution < -0.4 is 10.1 Å². The second kappa shape index (κ2) is 8.68. The van der Waals surface area contributed by atoms with E-state index < -0.39 is 0 Å². The minimum Gasteiger partial charge on any atom is -0.496 e. The molecule has 8 heteroatoms. The van der Waals surface area contributed by atoms with Crippen molar-refractivity contribution >= 4 is 17.7 Å². The van der Waals surface area contributed by atoms with Gasteiger partial charge in [-0.2, -0.15) is 4.68 Å². The fourth-order valence-corrected chi connectivity index (χ4v) is 3.32. The van der Waals surface area contributed by atoms with Gasteiger partial charge in [0.25, 0.3) is 0 Å². The van der Waals surface area contributed by atoms with Gasteiger partial charge in [0.15, 0.2) is 0 Å². The van der Waals surface area contributed by atoms with E-state index in [0.29, 0.717) is 11.7 Å². The number of rotatable bonds is 7. The SMILES string of the molecule is COc1ccccc1CNC(=O)C(C)Sc1nnnn1-c1ccc(C)cc1. The summed E-state index contributed by atoms with van der Waals surface area (Å²) in [6.45, 7) is 4.25. The topological polar surface area (TPSA) is 81.9 Å². The Morgan fingerprint density at radius 2 is 1.96 bits per heavy atom. The van der Waals surface area contributed by atoms with E-state index in [4.69, 9.17) is 4.74 Å². The van der Waals surface area contributed by atoms with Crippen molar-refractivity contribution in [1.29, 1.82) is 0 Å². The smallest absolute Gasteiger partial charge is 0.233 e. The predicted octanol–water partition coefficient (Wildman–Crippen LogP) is 2.78. The number of para-hydroxylation sites is 1. The second-order valence-electron chi connectivity index (χ2n) is 6.00. The highest BCUT2D eigenvalue weighted by molar-refractivity contribution is 8.00. The van der Waals surface area contributed by atoms with Gasteiger partial charge >= 0.3 is 0 Å². The summed E-state index contributed by atoms with van der Waals surface area (Å²) in [6.07, 6.45) is 0. The Kier molecular flexibility index (Phi) is 6.08. The van der Waals surface area contributed by atoms with E-state index in [-0.39, 0.29) is 11.2 Å². The van der Waals surface area contributed by atoms with E-state index in [1.165, 1.54) is 11.8 Å². The highest BCUT2D eigenvalue weighted by Crippen LogP contribution is 2.23. The molecule has 1 unspecified atom stereocenters. The number of nitrogens with one attached hydrogen (secondary N) is 1. The number of aromatic nitrogens is 4. The molecule has 1 atom stereocenters. The van der Waals surface area contributed by atoms with Crippen LogP contribution in [0.4, 0.5) is 0 Å². The van der Waals surface area contributed by atoms with Crippen LogP contribution in [0.3, 0.4) is 0 Å². The zero-order valence-electron chi connectivity index (χ0n) is 15.4. The van der Waals surface area contributed by atoms with Gasteiger partial charge in [0.05, 0.1) is 18.0 Å². The molecule has 0 saturated carbocycles. The Bertz CT molecular complexity index is 910. The maximum atomic E-state index is 12.5. The van der Waals surface area contributed by atoms with Crippen molar-refractivity contribution in [2.24, 2.45) is 0 Å². The fourth-order valence-electron chi connectivity index (χ4n) is 2.49. The van der Waals surface area contributed by atoms with Crippen molar-refractivity contribution in [3.05, 3.63) is 59.7 Å². The molecule has 140 valence electrons. The molecule has 0 aliphatic heterocycles. The predicted molar refractivity (Wildman–Crippen MR) is 104 cm³/mol. The Balaban J connectivity index is 1.64. The van der Waals surface area contributed by atoms with Crippen molar-refractivity contribution < 1.29 is 9.53 Å². The molecule has 1 N–H and O–H groups in total. The molecule has 0 spiro atoms. The average Bonchev–Trinajstić information content (AvgIpc) is 3.14. The van der Waals surface area contributed by atoms with Crippen LogP contribution in [0, 0.1) is 6.92 Å². The summed E-state index contributed by atoms with van der Waals surface area (Å²) in [4.78, 5) is 12.5. The van der Waals surface area contributed by atoms with Gasteiger partial charge in [-0.25, -0.2) is 0 Å². The van der Waals surface area contributed by atoms with Gasteiger partial charge in [-0.05, 0) is 42.5 Å². The third kappa shape index (κ3) is 4.65. The molecule has 27 heavy (non-hydrogen) atoms. The summed E-state index contributed by atoms with van der Waals surface area (Å²) in [5, 5.41) is 15.0. The average molecular weight is 383 g/mol. The first kappa shape index (κ1) is 18.9. The first-order chi connectivity index (χ1) is 13.1. The number of tetrazole rings is 1. The number of carbonyl (C=O) groups excluding carboxylic acids is 1. The van der Waals surface area contributed by atoms with E-state index in [0.717, 1.165) is 22.6 Å². The third-order valence-corrected chi connectivity index (χ3v) is 5.05. The lowest BCUT2D eigenvalue weighted by Crippen LogP contribution is -2.30. The number of thioether (sulfide) groups is 1. The summed E-state index contributed by atoms with van der Waals surface area (Å²) in [5.41, 5.74) is 2.94. The summed E-state index contributed by atoms with van der Waals surface area (Å²) in [7, 11) is 1.62. The highest BCUT2D eigenvalue weighted by Gasteiger charge is 2.19. The molecular weight excluding hydrogens is 362 g/mol. The summed E-state index contributed by atoms with van der Waals surface area (Å²) in [5.74, 6) is 0.658. The first-order valence-electron chi connectivity index (χ1n) is 8.50. The number of amides is 1. The first-order valence-corrected chi connectivity index (χ1v) is 9.38. The number of hydrogen-bond donors (Lipinski definition) is 1. The third-order valence-electron chi connectivity index (χ3n) is 4.02. The Morgan fingerprint density at radius 3 is 2.70 bits per heavy atom. The number of nitrogens with zero attached hydrogens (tertiary/aromatic N) is 4. The van der Waals surface area contributed by atoms with E-state index in [1.54, 1.807) is 11.8 Å². The van der Waals surface area contributed by atoms with E-state index in [2.05, 4.69) is 20.8 Å². The van der Waals surface area contributed by atoms with Crippen LogP contribution in [0.15, 0.2) is 53.7 Å². The van der Waals surface area contributed by atoms with Crippen LogP contribution in [-0.2, 0) is 11.3 Å². The number of ether oxygens (including phenoxy) is 1. The molecule has 3 rings (SSSR count). The Hall–Kier alpha value is -2.87. The summed E-state index contributed by atoms with van der Waals surface area (Å²) in [6, 6.07) is 15.5. The van der Waals surface area contributed by atoms with Gasteiger partial charge < -0.3 is 10.1 Å². The maximum Gasteiger partial charge on any atom is 0.233 e. The quantitative estimate of drug-likeness (QED) is 0.632. The van der Waals surface area contributed by atoms with E-state index in [9.17, 15) is 4.79 Å². The van der Waals surface area contributed by atoms with Crippen LogP contribution in [0.2, 0.25) is 0 Å². The van der Waals surface area contributed by atoms with Gasteiger partial charge in [-0.1, -0.05) is 47.7 Å². The zero-order valence-corrected chi connectivity index (χ0v) is 16.2. The van der Waals surface area contributed by atoms with E-state index >= 15 is 0 Å². The van der Waals surface area contributed by atoms with Crippen LogP contribution in [0.25, 0.3) is 5.69 Å². The molecule has 1 amide bonds. The van der Waals surface area contributed by atoms with Gasteiger partial charge in [-0.3, -0.25) is 4.79 Å². The van der Waals surface area contributed by atoms with Crippen molar-refractivity contribution in [2.45, 2.75) is 30.8 Å². The molecular formula is C19H21N5O2S. The Morgan fingerprint density at radius 1 is 1.22 bits per heavy atom. The molecule has 3 aromatic rings. The molecule has 2 aromatic carbocycles. The monoisotopic (exact) mass is 383 g/mol. The number of carbonyl (C=O) groups is 1. The van der Waals surface area contributed by atoms with Gasteiger partial charge in [0.1, 0.15) is 5.75 Å². The van der Waals surface area contributed by atoms with Gasteiger partial charge in [0, 0.05) is 12.1 Å². The fraction of sp³-hybridized carbons (Fsp3) is 0.263. The van der Waals surface area contributed by atoms with Crippen LogP contribution >= 0.6 is 11.8 Å². The molecule has 0 radical (unpaired) electrons. The van der Waals surface area contributed by atoms with Gasteiger partial charge in [0.2, 0.25) is 11.1 Å². The van der Waals surface area contributed by atoms with Crippen molar-refractivity contribution in [3.8, 4) is 11.4 Å². The minimum absolute atomic E-state index is 0.0932. The molecule has 0 saturated heterocycles. The van der Waals surface area contributed by atoms with Gasteiger partial charge in [-0.15, -0.1) is 5.10 Å². The molecule has 1 aromatic heterocycles. The molecule has 1 heterocycles. The van der Waals surface area contributed by atoms with Crippen molar-refractivity contribution in [1.82, 2.24) is 25.5 Å². The highest BCUT2D eigenvalue weighted by atomic mass is 32.2. The second-order valence-corrected chi connectivity index (χ2v) is 7.31. The van der Waals surface area contributed by atoms with Crippen LogP contribution in [0.1, 0.15) is 18.1 Å². The molecule has 7 nitrogen and oxygen atoms in total. The molecule has 0 aliphatic carbocycles.